The number of carbonyl (C=O) groups excluding carboxylic acids is 1. The molecular weight excluding hydrogens is 398 g/mol. The Morgan fingerprint density at radius 2 is 1.97 bits per heavy atom. The first-order valence-corrected chi connectivity index (χ1v) is 10.7. The normalized spacial score (nSPS) is 11.5. The van der Waals surface area contributed by atoms with Crippen molar-refractivity contribution in [3.63, 3.8) is 0 Å². The minimum Gasteiger partial charge on any atom is -0.348 e. The van der Waals surface area contributed by atoms with E-state index in [2.05, 4.69) is 53.8 Å². The molecule has 4 rings (SSSR count). The van der Waals surface area contributed by atoms with Gasteiger partial charge in [0.1, 0.15) is 0 Å². The van der Waals surface area contributed by atoms with Crippen LogP contribution in [-0.2, 0) is 6.54 Å². The third-order valence-electron chi connectivity index (χ3n) is 5.45. The van der Waals surface area contributed by atoms with Crippen LogP contribution >= 0.6 is 0 Å². The number of carbonyl (C=O) groups is 1. The maximum atomic E-state index is 13.1. The van der Waals surface area contributed by atoms with Gasteiger partial charge in [0.15, 0.2) is 0 Å². The van der Waals surface area contributed by atoms with Crippen molar-refractivity contribution in [3.05, 3.63) is 83.4 Å². The van der Waals surface area contributed by atoms with Crippen molar-refractivity contribution in [1.29, 1.82) is 0 Å². The predicted octanol–water partition coefficient (Wildman–Crippen LogP) is 5.14. The van der Waals surface area contributed by atoms with Crippen molar-refractivity contribution in [2.75, 3.05) is 0 Å². The van der Waals surface area contributed by atoms with Gasteiger partial charge in [-0.05, 0) is 50.1 Å². The average molecular weight is 426 g/mol. The van der Waals surface area contributed by atoms with Crippen LogP contribution in [0, 0.1) is 19.8 Å². The Hall–Kier alpha value is -3.80. The van der Waals surface area contributed by atoms with E-state index in [4.69, 9.17) is 4.98 Å². The van der Waals surface area contributed by atoms with Crippen LogP contribution in [0.2, 0.25) is 0 Å². The van der Waals surface area contributed by atoms with Crippen LogP contribution in [0.15, 0.2) is 66.0 Å². The number of pyridine rings is 2. The van der Waals surface area contributed by atoms with Gasteiger partial charge < -0.3 is 4.57 Å². The van der Waals surface area contributed by atoms with E-state index in [-0.39, 0.29) is 5.91 Å². The quantitative estimate of drug-likeness (QED) is 0.344. The van der Waals surface area contributed by atoms with Crippen LogP contribution in [0.1, 0.15) is 41.2 Å². The molecule has 0 bridgehead atoms. The van der Waals surface area contributed by atoms with Crippen molar-refractivity contribution in [3.8, 4) is 11.3 Å². The molecule has 32 heavy (non-hydrogen) atoms. The van der Waals surface area contributed by atoms with Gasteiger partial charge in [-0.2, -0.15) is 5.10 Å². The van der Waals surface area contributed by atoms with E-state index in [0.29, 0.717) is 17.2 Å². The molecule has 4 aromatic rings. The monoisotopic (exact) mass is 425 g/mol. The summed E-state index contributed by atoms with van der Waals surface area (Å²) in [6.07, 6.45) is 5.16. The molecule has 0 fully saturated rings. The minimum absolute atomic E-state index is 0.277. The molecule has 0 aliphatic rings. The second-order valence-electron chi connectivity index (χ2n) is 8.34. The Labute approximate surface area is 188 Å². The summed E-state index contributed by atoms with van der Waals surface area (Å²) in [7, 11) is 0. The maximum Gasteiger partial charge on any atom is 0.272 e. The van der Waals surface area contributed by atoms with E-state index in [9.17, 15) is 4.79 Å². The zero-order chi connectivity index (χ0) is 22.7. The molecule has 0 unspecified atom stereocenters. The minimum atomic E-state index is -0.277. The number of aromatic nitrogens is 3. The number of fused-ring (bicyclic) bond motifs is 1. The largest absolute Gasteiger partial charge is 0.348 e. The SMILES string of the molecule is Cc1cc(C=NNC(=O)c2cc(-c3cccnc3)nc3ccccc23)c(C)n1CC(C)C. The molecule has 0 atom stereocenters. The zero-order valence-electron chi connectivity index (χ0n) is 18.8. The molecule has 1 aromatic carbocycles. The van der Waals surface area contributed by atoms with Crippen molar-refractivity contribution < 1.29 is 4.79 Å². The molecule has 0 aliphatic heterocycles. The van der Waals surface area contributed by atoms with Crippen molar-refractivity contribution in [2.24, 2.45) is 11.0 Å². The van der Waals surface area contributed by atoms with Gasteiger partial charge in [0.25, 0.3) is 5.91 Å². The van der Waals surface area contributed by atoms with Crippen LogP contribution < -0.4 is 5.43 Å². The summed E-state index contributed by atoms with van der Waals surface area (Å²) < 4.78 is 2.28. The molecule has 1 amide bonds. The molecule has 0 spiro atoms. The highest BCUT2D eigenvalue weighted by Crippen LogP contribution is 2.24. The second kappa shape index (κ2) is 9.14. The van der Waals surface area contributed by atoms with Gasteiger partial charge >= 0.3 is 0 Å². The number of hydrogen-bond donors (Lipinski definition) is 1. The van der Waals surface area contributed by atoms with Crippen LogP contribution in [0.3, 0.4) is 0 Å². The third kappa shape index (κ3) is 4.44. The van der Waals surface area contributed by atoms with E-state index < -0.39 is 0 Å². The summed E-state index contributed by atoms with van der Waals surface area (Å²) in [6, 6.07) is 15.3. The summed E-state index contributed by atoms with van der Waals surface area (Å²) in [5, 5.41) is 5.03. The summed E-state index contributed by atoms with van der Waals surface area (Å²) in [5.41, 5.74) is 8.85. The zero-order valence-corrected chi connectivity index (χ0v) is 18.8. The lowest BCUT2D eigenvalue weighted by Crippen LogP contribution is -2.18. The Balaban J connectivity index is 1.62. The first kappa shape index (κ1) is 21.4. The predicted molar refractivity (Wildman–Crippen MR) is 129 cm³/mol. The van der Waals surface area contributed by atoms with Gasteiger partial charge in [0.05, 0.1) is 23.0 Å². The third-order valence-corrected chi connectivity index (χ3v) is 5.45. The first-order valence-electron chi connectivity index (χ1n) is 10.7. The van der Waals surface area contributed by atoms with Gasteiger partial charge in [0.2, 0.25) is 0 Å². The fourth-order valence-corrected chi connectivity index (χ4v) is 3.85. The van der Waals surface area contributed by atoms with Gasteiger partial charge in [-0.3, -0.25) is 9.78 Å². The molecule has 6 nitrogen and oxygen atoms in total. The van der Waals surface area contributed by atoms with E-state index in [1.165, 1.54) is 5.69 Å². The number of nitrogens with zero attached hydrogens (tertiary/aromatic N) is 4. The summed E-state index contributed by atoms with van der Waals surface area (Å²) in [5.74, 6) is 0.277. The summed E-state index contributed by atoms with van der Waals surface area (Å²) in [6.45, 7) is 9.53. The van der Waals surface area contributed by atoms with Gasteiger partial charge in [-0.1, -0.05) is 32.0 Å². The molecular formula is C26H27N5O. The number of amides is 1. The van der Waals surface area contributed by atoms with Crippen molar-refractivity contribution >= 4 is 23.0 Å². The number of rotatable bonds is 6. The van der Waals surface area contributed by atoms with E-state index in [0.717, 1.165) is 34.3 Å². The second-order valence-corrected chi connectivity index (χ2v) is 8.34. The van der Waals surface area contributed by atoms with E-state index >= 15 is 0 Å². The van der Waals surface area contributed by atoms with Crippen molar-refractivity contribution in [2.45, 2.75) is 34.2 Å². The molecule has 3 aromatic heterocycles. The number of hydrogen-bond acceptors (Lipinski definition) is 4. The molecule has 6 heteroatoms. The highest BCUT2D eigenvalue weighted by atomic mass is 16.2. The lowest BCUT2D eigenvalue weighted by atomic mass is 10.0. The average Bonchev–Trinajstić information content (AvgIpc) is 3.06. The summed E-state index contributed by atoms with van der Waals surface area (Å²) >= 11 is 0. The molecule has 1 N–H and O–H groups in total. The fraction of sp³-hybridized carbons (Fsp3) is 0.231. The smallest absolute Gasteiger partial charge is 0.272 e. The van der Waals surface area contributed by atoms with Crippen LogP contribution in [0.25, 0.3) is 22.2 Å². The lowest BCUT2D eigenvalue weighted by Gasteiger charge is -2.11. The van der Waals surface area contributed by atoms with Gasteiger partial charge in [-0.15, -0.1) is 0 Å². The summed E-state index contributed by atoms with van der Waals surface area (Å²) in [4.78, 5) is 21.9. The highest BCUT2D eigenvalue weighted by Gasteiger charge is 2.14. The molecule has 0 saturated heterocycles. The van der Waals surface area contributed by atoms with Crippen LogP contribution in [-0.4, -0.2) is 26.7 Å². The molecule has 162 valence electrons. The van der Waals surface area contributed by atoms with Crippen molar-refractivity contribution in [1.82, 2.24) is 20.0 Å². The molecule has 0 radical (unpaired) electrons. The highest BCUT2D eigenvalue weighted by molar-refractivity contribution is 6.07. The molecule has 0 aliphatic carbocycles. The standard InChI is InChI=1S/C26H27N5O/c1-17(2)16-31-18(3)12-21(19(31)4)15-28-30-26(32)23-13-25(20-8-7-11-27-14-20)29-24-10-6-5-9-22(23)24/h5-15,17H,16H2,1-4H3,(H,30,32). The Bertz CT molecular complexity index is 1290. The van der Waals surface area contributed by atoms with E-state index in [1.54, 1.807) is 24.7 Å². The fourth-order valence-electron chi connectivity index (χ4n) is 3.85. The number of aryl methyl sites for hydroxylation is 1. The van der Waals surface area contributed by atoms with Gasteiger partial charge in [-0.25, -0.2) is 10.4 Å². The van der Waals surface area contributed by atoms with Gasteiger partial charge in [0, 0.05) is 46.8 Å². The number of benzene rings is 1. The Morgan fingerprint density at radius 3 is 2.72 bits per heavy atom. The van der Waals surface area contributed by atoms with E-state index in [1.807, 2.05) is 36.4 Å². The Kier molecular flexibility index (Phi) is 6.12. The number of hydrazone groups is 1. The Morgan fingerprint density at radius 1 is 1.16 bits per heavy atom. The number of nitrogens with one attached hydrogen (secondary N) is 1. The first-order chi connectivity index (χ1) is 15.4. The topological polar surface area (TPSA) is 72.2 Å². The van der Waals surface area contributed by atoms with Crippen LogP contribution in [0.4, 0.5) is 0 Å². The molecule has 0 saturated carbocycles. The van der Waals surface area contributed by atoms with Crippen LogP contribution in [0.5, 0.6) is 0 Å². The number of para-hydroxylation sites is 1. The maximum absolute atomic E-state index is 13.1. The lowest BCUT2D eigenvalue weighted by molar-refractivity contribution is 0.0956. The molecule has 3 heterocycles.